The molecule has 0 bridgehead atoms. The van der Waals surface area contributed by atoms with Crippen molar-refractivity contribution < 1.29 is 49.5 Å². The molecule has 0 aromatic carbocycles. The first-order chi connectivity index (χ1) is 11.1. The summed E-state index contributed by atoms with van der Waals surface area (Å²) in [5.74, 6) is -9.40. The van der Waals surface area contributed by atoms with Gasteiger partial charge < -0.3 is 44.7 Å². The van der Waals surface area contributed by atoms with Gasteiger partial charge in [-0.2, -0.15) is 0 Å². The predicted octanol–water partition coefficient (Wildman–Crippen LogP) is -4.20. The van der Waals surface area contributed by atoms with Gasteiger partial charge in [0.1, 0.15) is 0 Å². The minimum atomic E-state index is -2.19. The summed E-state index contributed by atoms with van der Waals surface area (Å²) in [7, 11) is 0. The Morgan fingerprint density at radius 1 is 0.640 bits per heavy atom. The molecule has 0 aromatic heterocycles. The Hall–Kier alpha value is -1.85. The molecular formula is C14H20O10Sn. The van der Waals surface area contributed by atoms with E-state index in [4.69, 9.17) is 44.7 Å². The molecule has 0 amide bonds. The molecule has 0 rings (SSSR count). The third-order valence-electron chi connectivity index (χ3n) is 2.33. The first-order valence-corrected chi connectivity index (χ1v) is 7.12. The fourth-order valence-electron chi connectivity index (χ4n) is 1.23. The zero-order chi connectivity index (χ0) is 19.5. The summed E-state index contributed by atoms with van der Waals surface area (Å²) < 4.78 is 0. The van der Waals surface area contributed by atoms with Gasteiger partial charge in [-0.3, -0.25) is 4.79 Å². The number of hydrogen-bond donors (Lipinski definition) is 1. The van der Waals surface area contributed by atoms with Crippen LogP contribution < -0.4 is 20.4 Å². The Morgan fingerprint density at radius 2 is 0.920 bits per heavy atom. The zero-order valence-electron chi connectivity index (χ0n) is 13.8. The Balaban J connectivity index is -0.000000144. The van der Waals surface area contributed by atoms with Crippen LogP contribution in [0.1, 0.15) is 58.3 Å². The summed E-state index contributed by atoms with van der Waals surface area (Å²) in [6.45, 7) is 2.20. The standard InChI is InChI=1S/C10H20O2.2C2H2O4.Sn/c1-2-3-4-5-6-7-8-9-10(11)12;2*3-1(4)2(5)6;/h2-9H2,1H3,(H,11,12);2*(H,3,4)(H,5,6);/q;;;+4/p-4. The van der Waals surface area contributed by atoms with E-state index in [2.05, 4.69) is 6.92 Å². The van der Waals surface area contributed by atoms with Gasteiger partial charge >= 0.3 is 29.9 Å². The van der Waals surface area contributed by atoms with E-state index < -0.39 is 29.8 Å². The third kappa shape index (κ3) is 39.2. The molecule has 1 N–H and O–H groups in total. The van der Waals surface area contributed by atoms with Crippen molar-refractivity contribution in [1.82, 2.24) is 0 Å². The van der Waals surface area contributed by atoms with Crippen molar-refractivity contribution in [3.63, 3.8) is 0 Å². The molecule has 0 radical (unpaired) electrons. The van der Waals surface area contributed by atoms with E-state index in [1.54, 1.807) is 0 Å². The third-order valence-corrected chi connectivity index (χ3v) is 2.33. The van der Waals surface area contributed by atoms with Crippen LogP contribution in [0.15, 0.2) is 0 Å². The van der Waals surface area contributed by atoms with Crippen molar-refractivity contribution in [2.75, 3.05) is 0 Å². The van der Waals surface area contributed by atoms with Crippen LogP contribution in [0.3, 0.4) is 0 Å². The summed E-state index contributed by atoms with van der Waals surface area (Å²) in [4.78, 5) is 45.8. The van der Waals surface area contributed by atoms with Crippen molar-refractivity contribution in [1.29, 1.82) is 0 Å². The summed E-state index contributed by atoms with van der Waals surface area (Å²) in [6.07, 6.45) is 8.64. The number of carbonyl (C=O) groups excluding carboxylic acids is 4. The van der Waals surface area contributed by atoms with Crippen LogP contribution in [-0.2, 0) is 24.0 Å². The molecule has 25 heavy (non-hydrogen) atoms. The molecule has 11 heteroatoms. The molecule has 0 unspecified atom stereocenters. The maximum atomic E-state index is 10.1. The largest absolute Gasteiger partial charge is 4.00 e. The molecule has 10 nitrogen and oxygen atoms in total. The maximum absolute atomic E-state index is 10.1. The van der Waals surface area contributed by atoms with Gasteiger partial charge in [-0.25, -0.2) is 0 Å². The van der Waals surface area contributed by atoms with Gasteiger partial charge in [0, 0.05) is 6.42 Å². The van der Waals surface area contributed by atoms with Gasteiger partial charge in [-0.05, 0) is 6.42 Å². The first-order valence-electron chi connectivity index (χ1n) is 7.12. The number of carboxylic acid groups (broad SMARTS) is 5. The van der Waals surface area contributed by atoms with Crippen molar-refractivity contribution in [3.8, 4) is 0 Å². The van der Waals surface area contributed by atoms with Crippen molar-refractivity contribution >= 4 is 53.8 Å². The van der Waals surface area contributed by atoms with E-state index in [9.17, 15) is 4.79 Å². The summed E-state index contributed by atoms with van der Waals surface area (Å²) in [5, 5.41) is 44.1. The molecule has 0 aliphatic heterocycles. The van der Waals surface area contributed by atoms with Crippen LogP contribution in [-0.4, -0.2) is 58.9 Å². The average Bonchev–Trinajstić information content (AvgIpc) is 2.47. The van der Waals surface area contributed by atoms with Gasteiger partial charge in [-0.15, -0.1) is 0 Å². The van der Waals surface area contributed by atoms with Crippen molar-refractivity contribution in [2.24, 2.45) is 0 Å². The Morgan fingerprint density at radius 3 is 1.16 bits per heavy atom. The molecule has 0 aliphatic carbocycles. The second-order valence-electron chi connectivity index (χ2n) is 4.41. The van der Waals surface area contributed by atoms with E-state index in [-0.39, 0.29) is 23.9 Å². The number of hydrogen-bond acceptors (Lipinski definition) is 9. The van der Waals surface area contributed by atoms with E-state index >= 15 is 0 Å². The van der Waals surface area contributed by atoms with Gasteiger partial charge in [0.05, 0.1) is 23.9 Å². The molecule has 0 aliphatic rings. The molecule has 0 heterocycles. The number of unbranched alkanes of at least 4 members (excludes halogenated alkanes) is 6. The molecule has 0 saturated heterocycles. The van der Waals surface area contributed by atoms with Crippen LogP contribution in [0.5, 0.6) is 0 Å². The van der Waals surface area contributed by atoms with Crippen molar-refractivity contribution in [2.45, 2.75) is 58.3 Å². The second kappa shape index (κ2) is 22.1. The summed E-state index contributed by atoms with van der Waals surface area (Å²) >= 11 is 0. The topological polar surface area (TPSA) is 198 Å². The number of carboxylic acids is 5. The fraction of sp³-hybridized carbons (Fsp3) is 0.643. The second-order valence-corrected chi connectivity index (χ2v) is 4.41. The molecule has 0 aromatic rings. The molecule has 0 atom stereocenters. The van der Waals surface area contributed by atoms with Gasteiger partial charge in [0.25, 0.3) is 0 Å². The zero-order valence-corrected chi connectivity index (χ0v) is 16.6. The van der Waals surface area contributed by atoms with Crippen LogP contribution in [0, 0.1) is 0 Å². The first kappa shape index (κ1) is 31.0. The molecule has 0 spiro atoms. The summed E-state index contributed by atoms with van der Waals surface area (Å²) in [5.41, 5.74) is 0. The van der Waals surface area contributed by atoms with Crippen LogP contribution >= 0.6 is 0 Å². The van der Waals surface area contributed by atoms with E-state index in [0.717, 1.165) is 12.8 Å². The minimum absolute atomic E-state index is 0. The monoisotopic (exact) mass is 468 g/mol. The SMILES string of the molecule is CCCCCCCCCC(=O)O.O=C([O-])C(=O)[O-].O=C([O-])C(=O)[O-].[Sn+4]. The summed E-state index contributed by atoms with van der Waals surface area (Å²) in [6, 6.07) is 0. The Labute approximate surface area is 161 Å². The molecule has 0 saturated carbocycles. The van der Waals surface area contributed by atoms with Gasteiger partial charge in [0.15, 0.2) is 0 Å². The molecular weight excluding hydrogens is 447 g/mol. The van der Waals surface area contributed by atoms with E-state index in [1.807, 2.05) is 0 Å². The number of carbonyl (C=O) groups is 5. The van der Waals surface area contributed by atoms with Gasteiger partial charge in [-0.1, -0.05) is 45.4 Å². The van der Waals surface area contributed by atoms with E-state index in [1.165, 1.54) is 32.1 Å². The average molecular weight is 467 g/mol. The maximum Gasteiger partial charge on any atom is 4.00 e. The molecule has 140 valence electrons. The smallest absolute Gasteiger partial charge is 0.543 e. The predicted molar refractivity (Wildman–Crippen MR) is 76.0 cm³/mol. The minimum Gasteiger partial charge on any atom is -0.543 e. The normalized spacial score (nSPS) is 8.36. The fourth-order valence-corrected chi connectivity index (χ4v) is 1.23. The van der Waals surface area contributed by atoms with Crippen molar-refractivity contribution in [3.05, 3.63) is 0 Å². The van der Waals surface area contributed by atoms with Crippen LogP contribution in [0.25, 0.3) is 0 Å². The Bertz CT molecular complexity index is 360. The van der Waals surface area contributed by atoms with Crippen LogP contribution in [0.2, 0.25) is 0 Å². The Kier molecular flexibility index (Phi) is 27.4. The molecule has 0 fully saturated rings. The quantitative estimate of drug-likeness (QED) is 0.208. The van der Waals surface area contributed by atoms with E-state index in [0.29, 0.717) is 6.42 Å². The number of aliphatic carboxylic acids is 5. The van der Waals surface area contributed by atoms with Gasteiger partial charge in [0.2, 0.25) is 0 Å². The number of rotatable bonds is 8. The van der Waals surface area contributed by atoms with Crippen LogP contribution in [0.4, 0.5) is 0 Å².